The average Bonchev–Trinajstić information content (AvgIpc) is 3.13. The second-order valence-electron chi connectivity index (χ2n) is 4.49. The summed E-state index contributed by atoms with van der Waals surface area (Å²) in [5.41, 5.74) is 1.64. The van der Waals surface area contributed by atoms with Gasteiger partial charge in [-0.25, -0.2) is 0 Å². The summed E-state index contributed by atoms with van der Waals surface area (Å²) in [6, 6.07) is 7.39. The van der Waals surface area contributed by atoms with Gasteiger partial charge in [-0.1, -0.05) is 0 Å². The summed E-state index contributed by atoms with van der Waals surface area (Å²) >= 11 is 0. The van der Waals surface area contributed by atoms with E-state index in [0.717, 1.165) is 30.8 Å². The second-order valence-corrected chi connectivity index (χ2v) is 4.49. The van der Waals surface area contributed by atoms with Crippen LogP contribution in [0.4, 0.5) is 5.69 Å². The molecule has 0 bridgehead atoms. The molecule has 2 aromatic rings. The van der Waals surface area contributed by atoms with Crippen molar-refractivity contribution in [2.24, 2.45) is 5.92 Å². The summed E-state index contributed by atoms with van der Waals surface area (Å²) in [6.45, 7) is 1.67. The Kier molecular flexibility index (Phi) is 4.65. The van der Waals surface area contributed by atoms with Gasteiger partial charge in [-0.05, 0) is 42.4 Å². The van der Waals surface area contributed by atoms with Crippen molar-refractivity contribution < 1.29 is 4.79 Å². The Hall–Kier alpha value is -1.99. The fourth-order valence-electron chi connectivity index (χ4n) is 2.11. The van der Waals surface area contributed by atoms with E-state index < -0.39 is 0 Å². The zero-order valence-corrected chi connectivity index (χ0v) is 11.5. The number of aromatic amines is 1. The van der Waals surface area contributed by atoms with E-state index in [9.17, 15) is 4.79 Å². The molecule has 0 radical (unpaired) electrons. The van der Waals surface area contributed by atoms with Gasteiger partial charge in [-0.2, -0.15) is 5.21 Å². The first-order chi connectivity index (χ1) is 9.33. The molecule has 20 heavy (non-hydrogen) atoms. The average molecular weight is 295 g/mol. The van der Waals surface area contributed by atoms with Crippen LogP contribution in [0.15, 0.2) is 24.3 Å². The van der Waals surface area contributed by atoms with E-state index in [4.69, 9.17) is 0 Å². The molecule has 3 rings (SSSR count). The summed E-state index contributed by atoms with van der Waals surface area (Å²) in [6.07, 6.45) is 0.896. The SMILES string of the molecule is Cl.O=C(Nc1ccc(-c2nn[nH]n2)cc1)C1CCNC1. The van der Waals surface area contributed by atoms with E-state index in [2.05, 4.69) is 31.3 Å². The number of hydrogen-bond acceptors (Lipinski definition) is 5. The van der Waals surface area contributed by atoms with Crippen molar-refractivity contribution in [1.82, 2.24) is 25.9 Å². The molecule has 1 unspecified atom stereocenters. The number of benzene rings is 1. The lowest BCUT2D eigenvalue weighted by molar-refractivity contribution is -0.119. The van der Waals surface area contributed by atoms with Crippen LogP contribution < -0.4 is 10.6 Å². The Morgan fingerprint density at radius 3 is 2.70 bits per heavy atom. The van der Waals surface area contributed by atoms with Crippen molar-refractivity contribution in [2.45, 2.75) is 6.42 Å². The van der Waals surface area contributed by atoms with Crippen molar-refractivity contribution in [3.05, 3.63) is 24.3 Å². The molecule has 2 heterocycles. The summed E-state index contributed by atoms with van der Waals surface area (Å²) in [5, 5.41) is 19.8. The van der Waals surface area contributed by atoms with Crippen LogP contribution in [-0.2, 0) is 4.79 Å². The summed E-state index contributed by atoms with van der Waals surface area (Å²) in [5.74, 6) is 0.673. The Balaban J connectivity index is 0.00000147. The molecule has 7 nitrogen and oxygen atoms in total. The first-order valence-electron chi connectivity index (χ1n) is 6.18. The van der Waals surface area contributed by atoms with E-state index in [0.29, 0.717) is 5.82 Å². The number of hydrogen-bond donors (Lipinski definition) is 3. The lowest BCUT2D eigenvalue weighted by Crippen LogP contribution is -2.24. The van der Waals surface area contributed by atoms with Crippen LogP contribution in [0.5, 0.6) is 0 Å². The maximum Gasteiger partial charge on any atom is 0.228 e. The molecule has 1 atom stereocenters. The fraction of sp³-hybridized carbons (Fsp3) is 0.333. The van der Waals surface area contributed by atoms with Crippen LogP contribution in [0.25, 0.3) is 11.4 Å². The highest BCUT2D eigenvalue weighted by Gasteiger charge is 2.22. The molecule has 0 spiro atoms. The summed E-state index contributed by atoms with van der Waals surface area (Å²) in [7, 11) is 0. The minimum atomic E-state index is 0. The Labute approximate surface area is 121 Å². The molecule has 1 amide bonds. The molecule has 1 aromatic heterocycles. The van der Waals surface area contributed by atoms with Gasteiger partial charge in [0.25, 0.3) is 0 Å². The quantitative estimate of drug-likeness (QED) is 0.779. The van der Waals surface area contributed by atoms with Crippen molar-refractivity contribution >= 4 is 24.0 Å². The number of nitrogens with zero attached hydrogens (tertiary/aromatic N) is 3. The van der Waals surface area contributed by atoms with Crippen molar-refractivity contribution in [3.8, 4) is 11.4 Å². The predicted molar refractivity (Wildman–Crippen MR) is 76.5 cm³/mol. The number of aromatic nitrogens is 4. The molecule has 1 fully saturated rings. The van der Waals surface area contributed by atoms with E-state index >= 15 is 0 Å². The van der Waals surface area contributed by atoms with Crippen LogP contribution in [-0.4, -0.2) is 39.6 Å². The normalized spacial score (nSPS) is 17.5. The van der Waals surface area contributed by atoms with E-state index in [1.54, 1.807) is 0 Å². The number of tetrazole rings is 1. The number of halogens is 1. The summed E-state index contributed by atoms with van der Waals surface area (Å²) < 4.78 is 0. The number of anilines is 1. The number of nitrogens with one attached hydrogen (secondary N) is 3. The van der Waals surface area contributed by atoms with Gasteiger partial charge < -0.3 is 10.6 Å². The van der Waals surface area contributed by atoms with E-state index in [1.807, 2.05) is 24.3 Å². The lowest BCUT2D eigenvalue weighted by Gasteiger charge is -2.09. The van der Waals surface area contributed by atoms with Crippen molar-refractivity contribution in [3.63, 3.8) is 0 Å². The smallest absolute Gasteiger partial charge is 0.228 e. The number of carbonyl (C=O) groups excluding carboxylic acids is 1. The molecule has 1 aliphatic heterocycles. The highest BCUT2D eigenvalue weighted by atomic mass is 35.5. The molecule has 3 N–H and O–H groups in total. The predicted octanol–water partition coefficient (Wildman–Crippen LogP) is 0.836. The van der Waals surface area contributed by atoms with Gasteiger partial charge in [0.2, 0.25) is 11.7 Å². The third-order valence-electron chi connectivity index (χ3n) is 3.19. The van der Waals surface area contributed by atoms with Gasteiger partial charge in [0, 0.05) is 17.8 Å². The minimum Gasteiger partial charge on any atom is -0.326 e. The van der Waals surface area contributed by atoms with Crippen molar-refractivity contribution in [1.29, 1.82) is 0 Å². The van der Waals surface area contributed by atoms with Gasteiger partial charge in [0.05, 0.1) is 5.92 Å². The van der Waals surface area contributed by atoms with Gasteiger partial charge >= 0.3 is 0 Å². The maximum atomic E-state index is 11.9. The monoisotopic (exact) mass is 294 g/mol. The first-order valence-corrected chi connectivity index (χ1v) is 6.18. The Bertz CT molecular complexity index is 550. The number of rotatable bonds is 3. The molecule has 1 aliphatic rings. The largest absolute Gasteiger partial charge is 0.326 e. The Morgan fingerprint density at radius 1 is 1.30 bits per heavy atom. The molecular weight excluding hydrogens is 280 g/mol. The van der Waals surface area contributed by atoms with Crippen LogP contribution in [0.3, 0.4) is 0 Å². The zero-order valence-electron chi connectivity index (χ0n) is 10.7. The first kappa shape index (κ1) is 14.4. The molecular formula is C12H15ClN6O. The topological polar surface area (TPSA) is 95.6 Å². The highest BCUT2D eigenvalue weighted by Crippen LogP contribution is 2.18. The number of carbonyl (C=O) groups is 1. The van der Waals surface area contributed by atoms with Gasteiger partial charge in [-0.3, -0.25) is 4.79 Å². The second kappa shape index (κ2) is 6.44. The van der Waals surface area contributed by atoms with Gasteiger partial charge in [0.1, 0.15) is 0 Å². The third-order valence-corrected chi connectivity index (χ3v) is 3.19. The molecule has 1 aromatic carbocycles. The van der Waals surface area contributed by atoms with Crippen LogP contribution >= 0.6 is 12.4 Å². The molecule has 8 heteroatoms. The molecule has 1 saturated heterocycles. The van der Waals surface area contributed by atoms with Crippen molar-refractivity contribution in [2.75, 3.05) is 18.4 Å². The van der Waals surface area contributed by atoms with Gasteiger partial charge in [-0.15, -0.1) is 22.6 Å². The fourth-order valence-corrected chi connectivity index (χ4v) is 2.11. The standard InChI is InChI=1S/C12H14N6O.ClH/c19-12(9-5-6-13-7-9)14-10-3-1-8(2-4-10)11-15-17-18-16-11;/h1-4,9,13H,5-7H2,(H,14,19)(H,15,16,17,18);1H. The molecule has 106 valence electrons. The van der Waals surface area contributed by atoms with E-state index in [-0.39, 0.29) is 24.2 Å². The van der Waals surface area contributed by atoms with Crippen LogP contribution in [0, 0.1) is 5.92 Å². The Morgan fingerprint density at radius 2 is 2.10 bits per heavy atom. The number of amides is 1. The van der Waals surface area contributed by atoms with Crippen LogP contribution in [0.2, 0.25) is 0 Å². The number of H-pyrrole nitrogens is 1. The lowest BCUT2D eigenvalue weighted by atomic mass is 10.1. The van der Waals surface area contributed by atoms with E-state index in [1.165, 1.54) is 0 Å². The third kappa shape index (κ3) is 3.12. The molecule has 0 saturated carbocycles. The maximum absolute atomic E-state index is 11.9. The zero-order chi connectivity index (χ0) is 13.1. The highest BCUT2D eigenvalue weighted by molar-refractivity contribution is 5.93. The minimum absolute atomic E-state index is 0. The van der Waals surface area contributed by atoms with Crippen LogP contribution in [0.1, 0.15) is 6.42 Å². The summed E-state index contributed by atoms with van der Waals surface area (Å²) in [4.78, 5) is 11.9. The molecule has 0 aliphatic carbocycles. The van der Waals surface area contributed by atoms with Gasteiger partial charge in [0.15, 0.2) is 0 Å².